The molecule has 110 valence electrons. The van der Waals surface area contributed by atoms with Gasteiger partial charge in [0.25, 0.3) is 0 Å². The number of carbonyl (C=O) groups is 1. The van der Waals surface area contributed by atoms with Crippen LogP contribution in [0.25, 0.3) is 0 Å². The molecule has 0 aromatic heterocycles. The van der Waals surface area contributed by atoms with Gasteiger partial charge < -0.3 is 5.32 Å². The largest absolute Gasteiger partial charge is 0.354 e. The summed E-state index contributed by atoms with van der Waals surface area (Å²) in [5.41, 5.74) is 1.35. The van der Waals surface area contributed by atoms with Crippen LogP contribution in [-0.2, 0) is 11.2 Å². The van der Waals surface area contributed by atoms with Crippen LogP contribution in [0.4, 0.5) is 0 Å². The lowest BCUT2D eigenvalue weighted by Crippen LogP contribution is -2.32. The fraction of sp³-hybridized carbons (Fsp3) is 0.611. The van der Waals surface area contributed by atoms with Crippen molar-refractivity contribution in [1.82, 2.24) is 5.32 Å². The van der Waals surface area contributed by atoms with Gasteiger partial charge in [0.2, 0.25) is 5.91 Å². The summed E-state index contributed by atoms with van der Waals surface area (Å²) in [6.45, 7) is 2.11. The van der Waals surface area contributed by atoms with Crippen molar-refractivity contribution in [2.45, 2.75) is 64.3 Å². The van der Waals surface area contributed by atoms with Gasteiger partial charge in [0.15, 0.2) is 0 Å². The summed E-state index contributed by atoms with van der Waals surface area (Å²) in [4.78, 5) is 11.9. The molecule has 1 aliphatic rings. The summed E-state index contributed by atoms with van der Waals surface area (Å²) < 4.78 is 0. The molecule has 1 amide bonds. The SMILES string of the molecule is C[C@@H](CCc1ccccc1)NC(=O)CCC1CCCC1. The van der Waals surface area contributed by atoms with E-state index in [-0.39, 0.29) is 11.9 Å². The molecule has 0 bridgehead atoms. The van der Waals surface area contributed by atoms with Crippen molar-refractivity contribution in [3.63, 3.8) is 0 Å². The van der Waals surface area contributed by atoms with Gasteiger partial charge in [-0.1, -0.05) is 56.0 Å². The fourth-order valence-electron chi connectivity index (χ4n) is 3.08. The highest BCUT2D eigenvalue weighted by atomic mass is 16.1. The molecule has 2 heteroatoms. The molecule has 0 saturated heterocycles. The molecule has 20 heavy (non-hydrogen) atoms. The quantitative estimate of drug-likeness (QED) is 0.796. The maximum atomic E-state index is 11.9. The number of rotatable bonds is 7. The molecule has 1 aromatic rings. The zero-order valence-corrected chi connectivity index (χ0v) is 12.6. The summed E-state index contributed by atoms with van der Waals surface area (Å²) in [5, 5.41) is 3.14. The van der Waals surface area contributed by atoms with Crippen LogP contribution in [0.3, 0.4) is 0 Å². The maximum Gasteiger partial charge on any atom is 0.220 e. The normalized spacial score (nSPS) is 17.1. The highest BCUT2D eigenvalue weighted by Crippen LogP contribution is 2.28. The van der Waals surface area contributed by atoms with E-state index in [9.17, 15) is 4.79 Å². The predicted octanol–water partition coefficient (Wildman–Crippen LogP) is 4.09. The van der Waals surface area contributed by atoms with E-state index in [1.54, 1.807) is 0 Å². The Morgan fingerprint density at radius 1 is 1.25 bits per heavy atom. The average Bonchev–Trinajstić information content (AvgIpc) is 2.97. The Morgan fingerprint density at radius 3 is 2.65 bits per heavy atom. The molecular formula is C18H27NO. The van der Waals surface area contributed by atoms with Gasteiger partial charge in [-0.25, -0.2) is 0 Å². The van der Waals surface area contributed by atoms with Crippen molar-refractivity contribution in [3.8, 4) is 0 Å². The lowest BCUT2D eigenvalue weighted by molar-refractivity contribution is -0.122. The van der Waals surface area contributed by atoms with Gasteiger partial charge in [0, 0.05) is 12.5 Å². The van der Waals surface area contributed by atoms with Crippen molar-refractivity contribution in [1.29, 1.82) is 0 Å². The third-order valence-corrected chi connectivity index (χ3v) is 4.37. The Morgan fingerprint density at radius 2 is 1.95 bits per heavy atom. The van der Waals surface area contributed by atoms with Crippen LogP contribution in [0.5, 0.6) is 0 Å². The first-order valence-corrected chi connectivity index (χ1v) is 8.07. The molecule has 2 nitrogen and oxygen atoms in total. The van der Waals surface area contributed by atoms with Gasteiger partial charge in [-0.3, -0.25) is 4.79 Å². The Hall–Kier alpha value is -1.31. The molecule has 1 aromatic carbocycles. The highest BCUT2D eigenvalue weighted by molar-refractivity contribution is 5.76. The molecule has 1 aliphatic carbocycles. The molecule has 1 atom stereocenters. The first-order valence-electron chi connectivity index (χ1n) is 8.07. The van der Waals surface area contributed by atoms with Crippen molar-refractivity contribution in [2.75, 3.05) is 0 Å². The molecule has 1 N–H and O–H groups in total. The summed E-state index contributed by atoms with van der Waals surface area (Å²) in [6, 6.07) is 10.7. The highest BCUT2D eigenvalue weighted by Gasteiger charge is 2.16. The van der Waals surface area contributed by atoms with Gasteiger partial charge in [0.1, 0.15) is 0 Å². The van der Waals surface area contributed by atoms with Crippen LogP contribution in [0.2, 0.25) is 0 Å². The Kier molecular flexibility index (Phi) is 6.10. The minimum atomic E-state index is 0.234. The van der Waals surface area contributed by atoms with E-state index in [4.69, 9.17) is 0 Å². The number of benzene rings is 1. The molecule has 0 unspecified atom stereocenters. The van der Waals surface area contributed by atoms with Gasteiger partial charge in [0.05, 0.1) is 0 Å². The fourth-order valence-corrected chi connectivity index (χ4v) is 3.08. The van der Waals surface area contributed by atoms with Crippen molar-refractivity contribution in [2.24, 2.45) is 5.92 Å². The second kappa shape index (κ2) is 8.08. The lowest BCUT2D eigenvalue weighted by Gasteiger charge is -2.15. The topological polar surface area (TPSA) is 29.1 Å². The minimum Gasteiger partial charge on any atom is -0.354 e. The Bertz CT molecular complexity index is 395. The van der Waals surface area contributed by atoms with E-state index >= 15 is 0 Å². The van der Waals surface area contributed by atoms with E-state index in [2.05, 4.69) is 36.5 Å². The second-order valence-electron chi connectivity index (χ2n) is 6.18. The second-order valence-corrected chi connectivity index (χ2v) is 6.18. The van der Waals surface area contributed by atoms with Crippen molar-refractivity contribution >= 4 is 5.91 Å². The first kappa shape index (κ1) is 15.1. The summed E-state index contributed by atoms with van der Waals surface area (Å²) >= 11 is 0. The van der Waals surface area contributed by atoms with Crippen LogP contribution in [0.1, 0.15) is 57.4 Å². The van der Waals surface area contributed by atoms with E-state index in [1.807, 2.05) is 6.07 Å². The number of nitrogens with one attached hydrogen (secondary N) is 1. The van der Waals surface area contributed by atoms with Gasteiger partial charge in [-0.15, -0.1) is 0 Å². The molecule has 0 radical (unpaired) electrons. The van der Waals surface area contributed by atoms with Crippen molar-refractivity contribution in [3.05, 3.63) is 35.9 Å². The monoisotopic (exact) mass is 273 g/mol. The van der Waals surface area contributed by atoms with Gasteiger partial charge in [-0.05, 0) is 37.7 Å². The van der Waals surface area contributed by atoms with Crippen LogP contribution < -0.4 is 5.32 Å². The number of aryl methyl sites for hydroxylation is 1. The van der Waals surface area contributed by atoms with E-state index in [1.165, 1.54) is 31.2 Å². The van der Waals surface area contributed by atoms with Gasteiger partial charge in [-0.2, -0.15) is 0 Å². The summed E-state index contributed by atoms with van der Waals surface area (Å²) in [7, 11) is 0. The number of hydrogen-bond donors (Lipinski definition) is 1. The molecule has 2 rings (SSSR count). The van der Waals surface area contributed by atoms with Crippen LogP contribution in [-0.4, -0.2) is 11.9 Å². The van der Waals surface area contributed by atoms with Gasteiger partial charge >= 0.3 is 0 Å². The van der Waals surface area contributed by atoms with E-state index in [0.29, 0.717) is 6.42 Å². The molecule has 1 saturated carbocycles. The van der Waals surface area contributed by atoms with Crippen LogP contribution in [0.15, 0.2) is 30.3 Å². The smallest absolute Gasteiger partial charge is 0.220 e. The third kappa shape index (κ3) is 5.36. The lowest BCUT2D eigenvalue weighted by atomic mass is 10.0. The van der Waals surface area contributed by atoms with Crippen LogP contribution in [0, 0.1) is 5.92 Å². The summed E-state index contributed by atoms with van der Waals surface area (Å²) in [6.07, 6.45) is 9.22. The van der Waals surface area contributed by atoms with Crippen molar-refractivity contribution < 1.29 is 4.79 Å². The maximum absolute atomic E-state index is 11.9. The number of carbonyl (C=O) groups excluding carboxylic acids is 1. The number of amides is 1. The average molecular weight is 273 g/mol. The van der Waals surface area contributed by atoms with Crippen LogP contribution >= 0.6 is 0 Å². The summed E-state index contributed by atoms with van der Waals surface area (Å²) in [5.74, 6) is 1.04. The Labute approximate surface area is 123 Å². The third-order valence-electron chi connectivity index (χ3n) is 4.37. The van der Waals surface area contributed by atoms with E-state index in [0.717, 1.165) is 25.2 Å². The molecular weight excluding hydrogens is 246 g/mol. The molecule has 0 aliphatic heterocycles. The Balaban J connectivity index is 1.60. The minimum absolute atomic E-state index is 0.234. The molecule has 0 spiro atoms. The molecule has 1 fully saturated rings. The van der Waals surface area contributed by atoms with E-state index < -0.39 is 0 Å². The zero-order valence-electron chi connectivity index (χ0n) is 12.6. The standard InChI is InChI=1S/C18H27NO/c1-15(11-12-16-7-3-2-4-8-16)19-18(20)14-13-17-9-5-6-10-17/h2-4,7-8,15,17H,5-6,9-14H2,1H3,(H,19,20)/t15-/m0/s1. The first-order chi connectivity index (χ1) is 9.74. The molecule has 0 heterocycles. The predicted molar refractivity (Wildman–Crippen MR) is 83.6 cm³/mol. The zero-order chi connectivity index (χ0) is 14.2. The number of hydrogen-bond acceptors (Lipinski definition) is 1.